The highest BCUT2D eigenvalue weighted by Gasteiger charge is 2.41. The van der Waals surface area contributed by atoms with Gasteiger partial charge in [-0.05, 0) is 24.5 Å². The molecule has 3 rings (SSSR count). The Morgan fingerprint density at radius 1 is 1.32 bits per heavy atom. The first-order valence-corrected chi connectivity index (χ1v) is 7.51. The fourth-order valence-corrected chi connectivity index (χ4v) is 3.26. The number of anilines is 1. The number of ether oxygens (including phenoxy) is 1. The van der Waals surface area contributed by atoms with Crippen LogP contribution in [0.15, 0.2) is 24.3 Å². The second-order valence-corrected chi connectivity index (χ2v) is 5.83. The molecule has 1 N–H and O–H groups in total. The first kappa shape index (κ1) is 14.8. The van der Waals surface area contributed by atoms with Gasteiger partial charge in [-0.1, -0.05) is 18.2 Å². The Labute approximate surface area is 129 Å². The number of hydrogen-bond donors (Lipinski definition) is 1. The van der Waals surface area contributed by atoms with Crippen LogP contribution < -0.4 is 4.90 Å². The van der Waals surface area contributed by atoms with Crippen molar-refractivity contribution >= 4 is 17.7 Å². The van der Waals surface area contributed by atoms with Crippen LogP contribution in [-0.4, -0.2) is 54.9 Å². The fourth-order valence-electron chi connectivity index (χ4n) is 3.26. The van der Waals surface area contributed by atoms with Gasteiger partial charge >= 0.3 is 12.0 Å². The predicted octanol–water partition coefficient (Wildman–Crippen LogP) is 1.59. The van der Waals surface area contributed by atoms with E-state index in [0.717, 1.165) is 18.5 Å². The van der Waals surface area contributed by atoms with Crippen molar-refractivity contribution in [3.05, 3.63) is 29.8 Å². The van der Waals surface area contributed by atoms with E-state index >= 15 is 0 Å². The number of benzene rings is 1. The molecule has 0 saturated carbocycles. The van der Waals surface area contributed by atoms with E-state index < -0.39 is 12.1 Å². The summed E-state index contributed by atoms with van der Waals surface area (Å²) in [5.74, 6) is -1.10. The molecular weight excluding hydrogens is 284 g/mol. The molecule has 2 amide bonds. The number of likely N-dealkylation sites (tertiary alicyclic amines) is 1. The van der Waals surface area contributed by atoms with Gasteiger partial charge < -0.3 is 14.7 Å². The number of para-hydroxylation sites is 1. The van der Waals surface area contributed by atoms with Crippen molar-refractivity contribution in [2.45, 2.75) is 18.9 Å². The molecule has 1 fully saturated rings. The summed E-state index contributed by atoms with van der Waals surface area (Å²) in [6.45, 7) is 1.58. The van der Waals surface area contributed by atoms with Crippen LogP contribution in [-0.2, 0) is 16.0 Å². The van der Waals surface area contributed by atoms with Crippen molar-refractivity contribution in [2.24, 2.45) is 5.92 Å². The van der Waals surface area contributed by atoms with E-state index in [0.29, 0.717) is 19.6 Å². The zero-order valence-electron chi connectivity index (χ0n) is 12.6. The largest absolute Gasteiger partial charge is 0.479 e. The minimum Gasteiger partial charge on any atom is -0.479 e. The Morgan fingerprint density at radius 3 is 2.73 bits per heavy atom. The molecule has 0 radical (unpaired) electrons. The average Bonchev–Trinajstić information content (AvgIpc) is 2.48. The third kappa shape index (κ3) is 2.54. The topological polar surface area (TPSA) is 70.1 Å². The molecule has 6 heteroatoms. The van der Waals surface area contributed by atoms with Crippen LogP contribution >= 0.6 is 0 Å². The number of aryl methyl sites for hydroxylation is 1. The van der Waals surface area contributed by atoms with E-state index in [9.17, 15) is 9.59 Å². The van der Waals surface area contributed by atoms with Gasteiger partial charge in [-0.2, -0.15) is 0 Å². The van der Waals surface area contributed by atoms with Gasteiger partial charge in [0, 0.05) is 38.3 Å². The standard InChI is InChI=1S/C16H20N2O4/c1-22-14(15(19)20)12-9-17(10-12)16(21)18-8-4-6-11-5-2-3-7-13(11)18/h2-3,5,7,12,14H,4,6,8-10H2,1H3,(H,19,20). The van der Waals surface area contributed by atoms with Gasteiger partial charge in [0.05, 0.1) is 0 Å². The van der Waals surface area contributed by atoms with Crippen LogP contribution in [0.1, 0.15) is 12.0 Å². The number of carbonyl (C=O) groups excluding carboxylic acids is 1. The van der Waals surface area contributed by atoms with E-state index in [2.05, 4.69) is 6.07 Å². The molecule has 118 valence electrons. The number of amides is 2. The van der Waals surface area contributed by atoms with Crippen LogP contribution in [0.4, 0.5) is 10.5 Å². The highest BCUT2D eigenvalue weighted by molar-refractivity contribution is 5.94. The molecule has 1 aromatic carbocycles. The number of methoxy groups -OCH3 is 1. The maximum absolute atomic E-state index is 12.6. The number of hydrogen-bond acceptors (Lipinski definition) is 3. The van der Waals surface area contributed by atoms with Gasteiger partial charge in [0.25, 0.3) is 0 Å². The lowest BCUT2D eigenvalue weighted by atomic mass is 9.93. The summed E-state index contributed by atoms with van der Waals surface area (Å²) >= 11 is 0. The van der Waals surface area contributed by atoms with E-state index in [1.54, 1.807) is 9.80 Å². The van der Waals surface area contributed by atoms with Gasteiger partial charge in [0.2, 0.25) is 0 Å². The Morgan fingerprint density at radius 2 is 2.05 bits per heavy atom. The van der Waals surface area contributed by atoms with Crippen molar-refractivity contribution in [3.8, 4) is 0 Å². The van der Waals surface area contributed by atoms with Gasteiger partial charge in [-0.25, -0.2) is 9.59 Å². The fraction of sp³-hybridized carbons (Fsp3) is 0.500. The third-order valence-electron chi connectivity index (χ3n) is 4.45. The molecule has 1 atom stereocenters. The summed E-state index contributed by atoms with van der Waals surface area (Å²) in [6, 6.07) is 7.92. The van der Waals surface area contributed by atoms with E-state index in [1.807, 2.05) is 18.2 Å². The predicted molar refractivity (Wildman–Crippen MR) is 81.0 cm³/mol. The zero-order valence-corrected chi connectivity index (χ0v) is 12.6. The van der Waals surface area contributed by atoms with E-state index in [1.165, 1.54) is 12.7 Å². The first-order valence-electron chi connectivity index (χ1n) is 7.51. The summed E-state index contributed by atoms with van der Waals surface area (Å²) < 4.78 is 4.99. The van der Waals surface area contributed by atoms with Crippen LogP contribution in [0.2, 0.25) is 0 Å². The Hall–Kier alpha value is -2.08. The number of carboxylic acids is 1. The van der Waals surface area contributed by atoms with Crippen LogP contribution in [0.25, 0.3) is 0 Å². The number of carbonyl (C=O) groups is 2. The Kier molecular flexibility index (Phi) is 4.02. The van der Waals surface area contributed by atoms with Crippen molar-refractivity contribution in [3.63, 3.8) is 0 Å². The maximum atomic E-state index is 12.6. The van der Waals surface area contributed by atoms with Gasteiger partial charge in [-0.15, -0.1) is 0 Å². The number of aliphatic carboxylic acids is 1. The molecule has 2 aliphatic rings. The molecule has 2 heterocycles. The highest BCUT2D eigenvalue weighted by atomic mass is 16.5. The van der Waals surface area contributed by atoms with Gasteiger partial charge in [-0.3, -0.25) is 4.90 Å². The number of fused-ring (bicyclic) bond motifs is 1. The molecule has 22 heavy (non-hydrogen) atoms. The van der Waals surface area contributed by atoms with Crippen molar-refractivity contribution in [1.29, 1.82) is 0 Å². The quantitative estimate of drug-likeness (QED) is 0.920. The SMILES string of the molecule is COC(C(=O)O)C1CN(C(=O)N2CCCc3ccccc32)C1. The van der Waals surface area contributed by atoms with Crippen molar-refractivity contribution < 1.29 is 19.4 Å². The van der Waals surface area contributed by atoms with Crippen molar-refractivity contribution in [2.75, 3.05) is 31.6 Å². The molecule has 0 aliphatic carbocycles. The lowest BCUT2D eigenvalue weighted by molar-refractivity contribution is -0.155. The number of rotatable bonds is 3. The molecule has 2 aliphatic heterocycles. The average molecular weight is 304 g/mol. The Balaban J connectivity index is 1.66. The summed E-state index contributed by atoms with van der Waals surface area (Å²) in [5.41, 5.74) is 2.17. The first-order chi connectivity index (χ1) is 10.6. The van der Waals surface area contributed by atoms with E-state index in [-0.39, 0.29) is 11.9 Å². The number of urea groups is 1. The zero-order chi connectivity index (χ0) is 15.7. The van der Waals surface area contributed by atoms with Gasteiger partial charge in [0.1, 0.15) is 0 Å². The normalized spacial score (nSPS) is 19.3. The van der Waals surface area contributed by atoms with Crippen LogP contribution in [0.3, 0.4) is 0 Å². The lowest BCUT2D eigenvalue weighted by Crippen LogP contribution is -2.60. The molecule has 1 saturated heterocycles. The molecule has 0 spiro atoms. The second-order valence-electron chi connectivity index (χ2n) is 5.83. The minimum atomic E-state index is -0.970. The van der Waals surface area contributed by atoms with Gasteiger partial charge in [0.15, 0.2) is 6.10 Å². The minimum absolute atomic E-state index is 0.0383. The summed E-state index contributed by atoms with van der Waals surface area (Å²) in [5, 5.41) is 9.07. The molecule has 0 aromatic heterocycles. The molecule has 1 aromatic rings. The van der Waals surface area contributed by atoms with Crippen LogP contribution in [0, 0.1) is 5.92 Å². The third-order valence-corrected chi connectivity index (χ3v) is 4.45. The molecule has 0 bridgehead atoms. The monoisotopic (exact) mass is 304 g/mol. The van der Waals surface area contributed by atoms with Crippen molar-refractivity contribution in [1.82, 2.24) is 4.90 Å². The summed E-state index contributed by atoms with van der Waals surface area (Å²) in [7, 11) is 1.39. The second kappa shape index (κ2) is 5.96. The molecule has 6 nitrogen and oxygen atoms in total. The molecular formula is C16H20N2O4. The van der Waals surface area contributed by atoms with Crippen LogP contribution in [0.5, 0.6) is 0 Å². The number of nitrogens with zero attached hydrogens (tertiary/aromatic N) is 2. The molecule has 1 unspecified atom stereocenters. The smallest absolute Gasteiger partial charge is 0.333 e. The highest BCUT2D eigenvalue weighted by Crippen LogP contribution is 2.30. The maximum Gasteiger partial charge on any atom is 0.333 e. The lowest BCUT2D eigenvalue weighted by Gasteiger charge is -2.44. The number of carboxylic acid groups (broad SMARTS) is 1. The Bertz CT molecular complexity index is 583. The summed E-state index contributed by atoms with van der Waals surface area (Å²) in [6.07, 6.45) is 1.11. The van der Waals surface area contributed by atoms with E-state index in [4.69, 9.17) is 9.84 Å². The summed E-state index contributed by atoms with van der Waals surface area (Å²) in [4.78, 5) is 27.2.